The Morgan fingerprint density at radius 1 is 1.11 bits per heavy atom. The lowest BCUT2D eigenvalue weighted by molar-refractivity contribution is 0.0702. The van der Waals surface area contributed by atoms with Gasteiger partial charge in [-0.2, -0.15) is 0 Å². The fourth-order valence-electron chi connectivity index (χ4n) is 1.04. The summed E-state index contributed by atoms with van der Waals surface area (Å²) in [6.07, 6.45) is 0. The Bertz CT molecular complexity index is 477. The van der Waals surface area contributed by atoms with Gasteiger partial charge in [0, 0.05) is 0 Å². The zero-order valence-electron chi connectivity index (χ0n) is 8.86. The number of carboxylic acids is 1. The molecule has 0 spiro atoms. The van der Waals surface area contributed by atoms with Crippen molar-refractivity contribution in [3.8, 4) is 0 Å². The number of nitrogens with zero attached hydrogens (tertiary/aromatic N) is 2. The SMILES string of the molecule is NC(=O)N(N)c1cc(C(=O)O)sc1N(N)C(N)=O. The molecule has 1 heterocycles. The maximum atomic E-state index is 10.9. The minimum atomic E-state index is -1.27. The highest BCUT2D eigenvalue weighted by atomic mass is 32.1. The first kappa shape index (κ1) is 13.7. The van der Waals surface area contributed by atoms with E-state index in [4.69, 9.17) is 28.3 Å². The maximum absolute atomic E-state index is 10.9. The van der Waals surface area contributed by atoms with Crippen LogP contribution < -0.4 is 33.2 Å². The molecule has 0 aromatic carbocycles. The molecule has 9 N–H and O–H groups in total. The van der Waals surface area contributed by atoms with Gasteiger partial charge in [0.05, 0.1) is 5.69 Å². The van der Waals surface area contributed by atoms with Crippen LogP contribution in [0.15, 0.2) is 6.07 Å². The molecule has 11 heteroatoms. The van der Waals surface area contributed by atoms with E-state index in [9.17, 15) is 14.4 Å². The molecule has 18 heavy (non-hydrogen) atoms. The first-order valence-corrected chi connectivity index (χ1v) is 5.13. The summed E-state index contributed by atoms with van der Waals surface area (Å²) in [5.41, 5.74) is 9.75. The average Bonchev–Trinajstić information content (AvgIpc) is 2.71. The number of carbonyl (C=O) groups excluding carboxylic acids is 2. The van der Waals surface area contributed by atoms with Crippen molar-refractivity contribution in [2.24, 2.45) is 23.2 Å². The lowest BCUT2D eigenvalue weighted by Crippen LogP contribution is -2.45. The highest BCUT2D eigenvalue weighted by Crippen LogP contribution is 2.36. The van der Waals surface area contributed by atoms with Gasteiger partial charge < -0.3 is 16.6 Å². The number of primary amides is 2. The van der Waals surface area contributed by atoms with Crippen molar-refractivity contribution in [2.45, 2.75) is 0 Å². The van der Waals surface area contributed by atoms with Crippen LogP contribution in [0.25, 0.3) is 0 Å². The lowest BCUT2D eigenvalue weighted by Gasteiger charge is -2.18. The van der Waals surface area contributed by atoms with Crippen molar-refractivity contribution in [1.29, 1.82) is 0 Å². The number of thiophene rings is 1. The number of aromatic carboxylic acids is 1. The molecule has 1 aromatic rings. The molecule has 0 aliphatic carbocycles. The number of rotatable bonds is 3. The molecular formula is C7H10N6O4S. The third-order valence-electron chi connectivity index (χ3n) is 1.86. The summed E-state index contributed by atoms with van der Waals surface area (Å²) in [7, 11) is 0. The van der Waals surface area contributed by atoms with Crippen molar-refractivity contribution in [3.05, 3.63) is 10.9 Å². The Hall–Kier alpha value is -2.37. The van der Waals surface area contributed by atoms with E-state index in [1.54, 1.807) is 0 Å². The van der Waals surface area contributed by atoms with Crippen LogP contribution in [-0.2, 0) is 0 Å². The topological polar surface area (TPSA) is 182 Å². The summed E-state index contributed by atoms with van der Waals surface area (Å²) >= 11 is 0.621. The number of amides is 4. The number of hydrogen-bond donors (Lipinski definition) is 5. The number of anilines is 2. The first-order chi connectivity index (χ1) is 8.25. The predicted molar refractivity (Wildman–Crippen MR) is 63.8 cm³/mol. The second-order valence-electron chi connectivity index (χ2n) is 3.02. The second-order valence-corrected chi connectivity index (χ2v) is 4.05. The number of hydrogen-bond acceptors (Lipinski definition) is 6. The lowest BCUT2D eigenvalue weighted by atomic mass is 10.4. The zero-order chi connectivity index (χ0) is 14.0. The minimum absolute atomic E-state index is 0.110. The summed E-state index contributed by atoms with van der Waals surface area (Å²) in [5, 5.41) is 9.64. The van der Waals surface area contributed by atoms with Crippen molar-refractivity contribution in [2.75, 3.05) is 10.0 Å². The van der Waals surface area contributed by atoms with Crippen LogP contribution in [0.4, 0.5) is 20.3 Å². The van der Waals surface area contributed by atoms with E-state index in [1.165, 1.54) is 0 Å². The fourth-order valence-corrected chi connectivity index (χ4v) is 1.96. The van der Waals surface area contributed by atoms with Gasteiger partial charge in [-0.3, -0.25) is 0 Å². The Labute approximate surface area is 104 Å². The number of carboxylic acid groups (broad SMARTS) is 1. The van der Waals surface area contributed by atoms with Crippen LogP contribution in [-0.4, -0.2) is 23.1 Å². The smallest absolute Gasteiger partial charge is 0.346 e. The van der Waals surface area contributed by atoms with E-state index in [2.05, 4.69) is 0 Å². The quantitative estimate of drug-likeness (QED) is 0.266. The van der Waals surface area contributed by atoms with E-state index in [-0.39, 0.29) is 15.6 Å². The molecular weight excluding hydrogens is 264 g/mol. The molecule has 4 amide bonds. The Balaban J connectivity index is 3.34. The van der Waals surface area contributed by atoms with Gasteiger partial charge >= 0.3 is 18.0 Å². The molecule has 0 atom stereocenters. The van der Waals surface area contributed by atoms with Gasteiger partial charge in [0.2, 0.25) is 0 Å². The van der Waals surface area contributed by atoms with Gasteiger partial charge in [-0.25, -0.2) is 36.1 Å². The highest BCUT2D eigenvalue weighted by Gasteiger charge is 2.24. The first-order valence-electron chi connectivity index (χ1n) is 4.31. The Morgan fingerprint density at radius 3 is 2.00 bits per heavy atom. The van der Waals surface area contributed by atoms with Gasteiger partial charge in [0.15, 0.2) is 0 Å². The molecule has 0 aliphatic heterocycles. The van der Waals surface area contributed by atoms with Gasteiger partial charge in [0.1, 0.15) is 9.88 Å². The van der Waals surface area contributed by atoms with Crippen molar-refractivity contribution in [1.82, 2.24) is 0 Å². The molecule has 0 saturated heterocycles. The predicted octanol–water partition coefficient (Wildman–Crippen LogP) is -1.04. The minimum Gasteiger partial charge on any atom is -0.477 e. The van der Waals surface area contributed by atoms with Crippen LogP contribution in [0, 0.1) is 0 Å². The fraction of sp³-hybridized carbons (Fsp3) is 0. The molecule has 0 radical (unpaired) electrons. The molecule has 1 rings (SSSR count). The number of urea groups is 2. The number of nitrogens with two attached hydrogens (primary N) is 4. The highest BCUT2D eigenvalue weighted by molar-refractivity contribution is 7.18. The third kappa shape index (κ3) is 2.48. The molecule has 98 valence electrons. The molecule has 1 aromatic heterocycles. The van der Waals surface area contributed by atoms with Gasteiger partial charge in [-0.15, -0.1) is 11.3 Å². The molecule has 0 unspecified atom stereocenters. The van der Waals surface area contributed by atoms with Gasteiger partial charge in [0.25, 0.3) is 0 Å². The van der Waals surface area contributed by atoms with Crippen LogP contribution in [0.2, 0.25) is 0 Å². The number of hydrazine groups is 2. The van der Waals surface area contributed by atoms with E-state index >= 15 is 0 Å². The number of carbonyl (C=O) groups is 3. The zero-order valence-corrected chi connectivity index (χ0v) is 9.68. The van der Waals surface area contributed by atoms with E-state index in [1.807, 2.05) is 0 Å². The van der Waals surface area contributed by atoms with Crippen molar-refractivity contribution < 1.29 is 19.5 Å². The van der Waals surface area contributed by atoms with E-state index in [0.717, 1.165) is 6.07 Å². The normalized spacial score (nSPS) is 9.89. The van der Waals surface area contributed by atoms with Gasteiger partial charge in [-0.1, -0.05) is 0 Å². The van der Waals surface area contributed by atoms with Crippen LogP contribution in [0.3, 0.4) is 0 Å². The third-order valence-corrected chi connectivity index (χ3v) is 2.97. The summed E-state index contributed by atoms with van der Waals surface area (Å²) in [6.45, 7) is 0. The molecule has 10 nitrogen and oxygen atoms in total. The molecule has 0 fully saturated rings. The average molecular weight is 274 g/mol. The van der Waals surface area contributed by atoms with Crippen LogP contribution >= 0.6 is 11.3 Å². The van der Waals surface area contributed by atoms with E-state index in [0.29, 0.717) is 21.4 Å². The second kappa shape index (κ2) is 4.87. The summed E-state index contributed by atoms with van der Waals surface area (Å²) < 4.78 is 0. The molecule has 0 bridgehead atoms. The van der Waals surface area contributed by atoms with Crippen LogP contribution in [0.1, 0.15) is 9.67 Å². The summed E-state index contributed by atoms with van der Waals surface area (Å²) in [6, 6.07) is -1.05. The Kier molecular flexibility index (Phi) is 3.70. The van der Waals surface area contributed by atoms with Gasteiger partial charge in [-0.05, 0) is 6.07 Å². The summed E-state index contributed by atoms with van der Waals surface area (Å²) in [4.78, 5) is 32.5. The van der Waals surface area contributed by atoms with E-state index < -0.39 is 18.0 Å². The molecule has 0 saturated carbocycles. The van der Waals surface area contributed by atoms with Crippen molar-refractivity contribution >= 4 is 40.1 Å². The standard InChI is InChI=1S/C7H10N6O4S/c8-6(16)12(10)2-1-3(5(14)15)18-4(2)13(11)7(9)17/h1H,10-11H2,(H2,8,16)(H2,9,17)(H,14,15). The largest absolute Gasteiger partial charge is 0.477 e. The maximum Gasteiger partial charge on any atom is 0.346 e. The van der Waals surface area contributed by atoms with Crippen molar-refractivity contribution in [3.63, 3.8) is 0 Å². The monoisotopic (exact) mass is 274 g/mol. The molecule has 0 aliphatic rings. The summed E-state index contributed by atoms with van der Waals surface area (Å²) in [5.74, 6) is 9.39. The van der Waals surface area contributed by atoms with Crippen LogP contribution in [0.5, 0.6) is 0 Å². The Morgan fingerprint density at radius 2 is 1.61 bits per heavy atom.